The molecule has 26 heavy (non-hydrogen) atoms. The summed E-state index contributed by atoms with van der Waals surface area (Å²) in [7, 11) is 0. The zero-order valence-corrected chi connectivity index (χ0v) is 15.7. The van der Waals surface area contributed by atoms with Crippen LogP contribution in [0.1, 0.15) is 38.5 Å². The van der Waals surface area contributed by atoms with Crippen LogP contribution in [0.5, 0.6) is 0 Å². The van der Waals surface area contributed by atoms with Gasteiger partial charge in [-0.1, -0.05) is 6.42 Å². The van der Waals surface area contributed by atoms with E-state index in [9.17, 15) is 9.59 Å². The van der Waals surface area contributed by atoms with E-state index in [1.807, 2.05) is 4.90 Å². The topological polar surface area (TPSA) is 79.4 Å². The van der Waals surface area contributed by atoms with E-state index in [-0.39, 0.29) is 19.0 Å². The van der Waals surface area contributed by atoms with Crippen LogP contribution in [0.25, 0.3) is 0 Å². The Morgan fingerprint density at radius 3 is 2.23 bits per heavy atom. The predicted molar refractivity (Wildman–Crippen MR) is 98.8 cm³/mol. The minimum Gasteiger partial charge on any atom is -0.481 e. The molecule has 8 heteroatoms. The first-order valence-electron chi connectivity index (χ1n) is 10.1. The SMILES string of the molecule is O=C(O)CCN(C(=O)N1CCN(C2CCNCC2)CC1)N1CCCCC1. The smallest absolute Gasteiger partial charge is 0.334 e. The van der Waals surface area contributed by atoms with Crippen LogP contribution in [0.2, 0.25) is 0 Å². The number of piperazine rings is 1. The number of hydrogen-bond acceptors (Lipinski definition) is 5. The van der Waals surface area contributed by atoms with Crippen molar-refractivity contribution in [3.05, 3.63) is 0 Å². The van der Waals surface area contributed by atoms with Crippen LogP contribution in [-0.2, 0) is 4.79 Å². The number of aliphatic carboxylic acids is 1. The van der Waals surface area contributed by atoms with E-state index in [2.05, 4.69) is 15.2 Å². The molecular weight excluding hydrogens is 334 g/mol. The third kappa shape index (κ3) is 5.08. The molecule has 2 amide bonds. The maximum atomic E-state index is 13.1. The lowest BCUT2D eigenvalue weighted by atomic mass is 10.0. The highest BCUT2D eigenvalue weighted by atomic mass is 16.4. The number of amides is 2. The standard InChI is InChI=1S/C18H33N5O3/c24-17(25)6-11-23(22-9-2-1-3-10-22)18(26)21-14-12-20(13-15-21)16-4-7-19-8-5-16/h16,19H,1-15H2,(H,24,25). The summed E-state index contributed by atoms with van der Waals surface area (Å²) in [5, 5.41) is 16.2. The van der Waals surface area contributed by atoms with Gasteiger partial charge in [0.25, 0.3) is 0 Å². The molecule has 0 aromatic heterocycles. The first kappa shape index (κ1) is 19.4. The number of nitrogens with one attached hydrogen (secondary N) is 1. The Labute approximate surface area is 156 Å². The van der Waals surface area contributed by atoms with Gasteiger partial charge in [0.2, 0.25) is 0 Å². The van der Waals surface area contributed by atoms with Crippen LogP contribution in [0, 0.1) is 0 Å². The summed E-state index contributed by atoms with van der Waals surface area (Å²) in [4.78, 5) is 28.5. The molecule has 148 valence electrons. The van der Waals surface area contributed by atoms with Crippen molar-refractivity contribution in [3.63, 3.8) is 0 Å². The van der Waals surface area contributed by atoms with E-state index < -0.39 is 5.97 Å². The lowest BCUT2D eigenvalue weighted by molar-refractivity contribution is -0.138. The Bertz CT molecular complexity index is 469. The molecular formula is C18H33N5O3. The van der Waals surface area contributed by atoms with E-state index in [0.29, 0.717) is 6.04 Å². The number of hydrogen-bond donors (Lipinski definition) is 2. The Kier molecular flexibility index (Phi) is 7.10. The fourth-order valence-electron chi connectivity index (χ4n) is 4.29. The van der Waals surface area contributed by atoms with Gasteiger partial charge in [0, 0.05) is 51.9 Å². The minimum absolute atomic E-state index is 0.00270. The second kappa shape index (κ2) is 9.53. The van der Waals surface area contributed by atoms with Crippen molar-refractivity contribution in [2.75, 3.05) is 58.9 Å². The molecule has 3 saturated heterocycles. The van der Waals surface area contributed by atoms with E-state index >= 15 is 0 Å². The zero-order chi connectivity index (χ0) is 18.4. The number of urea groups is 1. The summed E-state index contributed by atoms with van der Waals surface area (Å²) in [5.41, 5.74) is 0. The van der Waals surface area contributed by atoms with Crippen LogP contribution in [0.3, 0.4) is 0 Å². The zero-order valence-electron chi connectivity index (χ0n) is 15.7. The average Bonchev–Trinajstić information content (AvgIpc) is 2.69. The van der Waals surface area contributed by atoms with E-state index in [1.54, 1.807) is 5.01 Å². The average molecular weight is 367 g/mol. The molecule has 0 aliphatic carbocycles. The number of carbonyl (C=O) groups is 2. The fourth-order valence-corrected chi connectivity index (χ4v) is 4.29. The van der Waals surface area contributed by atoms with Crippen LogP contribution in [0.4, 0.5) is 4.79 Å². The van der Waals surface area contributed by atoms with Crippen LogP contribution in [0.15, 0.2) is 0 Å². The van der Waals surface area contributed by atoms with Gasteiger partial charge in [0.15, 0.2) is 0 Å². The molecule has 3 heterocycles. The van der Waals surface area contributed by atoms with Gasteiger partial charge in [0.1, 0.15) is 0 Å². The Hall–Kier alpha value is -1.38. The van der Waals surface area contributed by atoms with Crippen molar-refractivity contribution in [2.24, 2.45) is 0 Å². The van der Waals surface area contributed by atoms with Gasteiger partial charge in [-0.2, -0.15) is 0 Å². The second-order valence-corrected chi connectivity index (χ2v) is 7.57. The normalized spacial score (nSPS) is 23.8. The minimum atomic E-state index is -0.851. The van der Waals surface area contributed by atoms with E-state index in [4.69, 9.17) is 5.11 Å². The highest BCUT2D eigenvalue weighted by Gasteiger charge is 2.31. The monoisotopic (exact) mass is 367 g/mol. The first-order valence-corrected chi connectivity index (χ1v) is 10.1. The summed E-state index contributed by atoms with van der Waals surface area (Å²) < 4.78 is 0. The number of nitrogens with zero attached hydrogens (tertiary/aromatic N) is 4. The second-order valence-electron chi connectivity index (χ2n) is 7.57. The number of piperidine rings is 2. The maximum absolute atomic E-state index is 13.1. The van der Waals surface area contributed by atoms with Gasteiger partial charge in [-0.25, -0.2) is 9.80 Å². The van der Waals surface area contributed by atoms with Crippen LogP contribution >= 0.6 is 0 Å². The van der Waals surface area contributed by atoms with Crippen LogP contribution < -0.4 is 5.32 Å². The van der Waals surface area contributed by atoms with Gasteiger partial charge in [0.05, 0.1) is 6.42 Å². The molecule has 0 unspecified atom stereocenters. The third-order valence-corrected chi connectivity index (χ3v) is 5.84. The molecule has 3 aliphatic heterocycles. The molecule has 3 fully saturated rings. The molecule has 0 atom stereocenters. The number of carboxylic acid groups (broad SMARTS) is 1. The summed E-state index contributed by atoms with van der Waals surface area (Å²) in [6, 6.07) is 0.622. The molecule has 0 radical (unpaired) electrons. The van der Waals surface area contributed by atoms with Gasteiger partial charge in [-0.05, 0) is 38.8 Å². The van der Waals surface area contributed by atoms with Crippen molar-refractivity contribution >= 4 is 12.0 Å². The molecule has 0 aromatic carbocycles. The Balaban J connectivity index is 1.55. The Morgan fingerprint density at radius 2 is 1.62 bits per heavy atom. The molecule has 2 N–H and O–H groups in total. The molecule has 3 aliphatic rings. The summed E-state index contributed by atoms with van der Waals surface area (Å²) >= 11 is 0. The van der Waals surface area contributed by atoms with Crippen LogP contribution in [-0.4, -0.2) is 102 Å². The number of carboxylic acids is 1. The van der Waals surface area contributed by atoms with Crippen molar-refractivity contribution < 1.29 is 14.7 Å². The molecule has 0 bridgehead atoms. The molecule has 0 saturated carbocycles. The van der Waals surface area contributed by atoms with E-state index in [0.717, 1.165) is 65.2 Å². The quantitative estimate of drug-likeness (QED) is 0.743. The summed E-state index contributed by atoms with van der Waals surface area (Å²) in [6.45, 7) is 7.44. The first-order chi connectivity index (χ1) is 12.6. The van der Waals surface area contributed by atoms with Crippen molar-refractivity contribution in [3.8, 4) is 0 Å². The molecule has 3 rings (SSSR count). The molecule has 0 spiro atoms. The highest BCUT2D eigenvalue weighted by molar-refractivity contribution is 5.75. The van der Waals surface area contributed by atoms with Gasteiger partial charge < -0.3 is 15.3 Å². The predicted octanol–water partition coefficient (Wildman–Crippen LogP) is 0.654. The fraction of sp³-hybridized carbons (Fsp3) is 0.889. The van der Waals surface area contributed by atoms with Crippen molar-refractivity contribution in [1.82, 2.24) is 25.1 Å². The molecule has 8 nitrogen and oxygen atoms in total. The van der Waals surface area contributed by atoms with E-state index in [1.165, 1.54) is 19.3 Å². The van der Waals surface area contributed by atoms with Gasteiger partial charge in [-0.15, -0.1) is 0 Å². The number of hydrazine groups is 1. The largest absolute Gasteiger partial charge is 0.481 e. The third-order valence-electron chi connectivity index (χ3n) is 5.84. The highest BCUT2D eigenvalue weighted by Crippen LogP contribution is 2.18. The maximum Gasteiger partial charge on any atom is 0.334 e. The lowest BCUT2D eigenvalue weighted by Crippen LogP contribution is -2.59. The van der Waals surface area contributed by atoms with Gasteiger partial charge in [-0.3, -0.25) is 14.7 Å². The number of rotatable bonds is 5. The summed E-state index contributed by atoms with van der Waals surface area (Å²) in [6.07, 6.45) is 5.70. The number of carbonyl (C=O) groups excluding carboxylic acids is 1. The molecule has 0 aromatic rings. The lowest BCUT2D eigenvalue weighted by Gasteiger charge is -2.44. The Morgan fingerprint density at radius 1 is 0.962 bits per heavy atom. The van der Waals surface area contributed by atoms with Crippen molar-refractivity contribution in [1.29, 1.82) is 0 Å². The van der Waals surface area contributed by atoms with Crippen molar-refractivity contribution in [2.45, 2.75) is 44.6 Å². The summed E-state index contributed by atoms with van der Waals surface area (Å²) in [5.74, 6) is -0.851. The van der Waals surface area contributed by atoms with Gasteiger partial charge >= 0.3 is 12.0 Å².